The quantitative estimate of drug-likeness (QED) is 0.250. The highest BCUT2D eigenvalue weighted by atomic mass is 35.5. The van der Waals surface area contributed by atoms with Gasteiger partial charge in [-0.1, -0.05) is 54.1 Å². The van der Waals surface area contributed by atoms with Gasteiger partial charge in [-0.25, -0.2) is 0 Å². The van der Waals surface area contributed by atoms with Crippen LogP contribution in [0.2, 0.25) is 5.02 Å². The van der Waals surface area contributed by atoms with Crippen molar-refractivity contribution in [1.29, 1.82) is 0 Å². The number of ether oxygens (including phenoxy) is 1. The number of halogens is 2. The minimum absolute atomic E-state index is 0. The summed E-state index contributed by atoms with van der Waals surface area (Å²) in [7, 11) is 0. The number of hydrogen-bond acceptors (Lipinski definition) is 4. The first kappa shape index (κ1) is 27.7. The smallest absolute Gasteiger partial charge is 0.276 e. The molecule has 1 fully saturated rings. The van der Waals surface area contributed by atoms with Gasteiger partial charge in [0.2, 0.25) is 0 Å². The highest BCUT2D eigenvalue weighted by Crippen LogP contribution is 2.25. The molecule has 198 valence electrons. The largest absolute Gasteiger partial charge is 0.489 e. The maximum atomic E-state index is 12.9. The molecular formula is C30H32Cl2N4O2. The molecule has 1 aromatic heterocycles. The molecule has 38 heavy (non-hydrogen) atoms. The van der Waals surface area contributed by atoms with Crippen LogP contribution in [0.3, 0.4) is 0 Å². The second-order valence-electron chi connectivity index (χ2n) is 9.49. The molecule has 1 aliphatic rings. The number of aromatic nitrogens is 2. The molecule has 0 saturated carbocycles. The molecule has 2 heterocycles. The van der Waals surface area contributed by atoms with Crippen LogP contribution < -0.4 is 10.1 Å². The van der Waals surface area contributed by atoms with Crippen LogP contribution in [0.25, 0.3) is 0 Å². The molecule has 1 N–H and O–H groups in total. The summed E-state index contributed by atoms with van der Waals surface area (Å²) in [5.41, 5.74) is 5.24. The Morgan fingerprint density at radius 2 is 1.68 bits per heavy atom. The number of benzene rings is 3. The number of likely N-dealkylation sites (tertiary alicyclic amines) is 1. The molecule has 0 radical (unpaired) electrons. The van der Waals surface area contributed by atoms with Crippen molar-refractivity contribution in [1.82, 2.24) is 14.7 Å². The minimum atomic E-state index is -0.235. The van der Waals surface area contributed by atoms with Crippen LogP contribution in [0.15, 0.2) is 78.9 Å². The summed E-state index contributed by atoms with van der Waals surface area (Å²) < 4.78 is 7.89. The van der Waals surface area contributed by atoms with Crippen molar-refractivity contribution in [2.24, 2.45) is 0 Å². The Hall–Kier alpha value is -3.32. The summed E-state index contributed by atoms with van der Waals surface area (Å²) in [5, 5.41) is 8.17. The van der Waals surface area contributed by atoms with Gasteiger partial charge >= 0.3 is 0 Å². The number of hydrogen-bond donors (Lipinski definition) is 1. The molecule has 0 aliphatic carbocycles. The highest BCUT2D eigenvalue weighted by Gasteiger charge is 2.16. The summed E-state index contributed by atoms with van der Waals surface area (Å²) in [4.78, 5) is 15.4. The zero-order valence-electron chi connectivity index (χ0n) is 21.4. The lowest BCUT2D eigenvalue weighted by molar-refractivity contribution is 0.102. The first-order chi connectivity index (χ1) is 18.0. The minimum Gasteiger partial charge on any atom is -0.489 e. The lowest BCUT2D eigenvalue weighted by atomic mass is 10.2. The van der Waals surface area contributed by atoms with Gasteiger partial charge in [0, 0.05) is 28.5 Å². The van der Waals surface area contributed by atoms with Gasteiger partial charge in [-0.15, -0.1) is 12.4 Å². The van der Waals surface area contributed by atoms with Crippen molar-refractivity contribution in [2.75, 3.05) is 18.4 Å². The van der Waals surface area contributed by atoms with E-state index in [0.29, 0.717) is 23.9 Å². The number of anilines is 1. The molecule has 0 atom stereocenters. The van der Waals surface area contributed by atoms with E-state index < -0.39 is 0 Å². The predicted octanol–water partition coefficient (Wildman–Crippen LogP) is 6.74. The molecule has 8 heteroatoms. The third-order valence-electron chi connectivity index (χ3n) is 6.61. The van der Waals surface area contributed by atoms with Crippen LogP contribution >= 0.6 is 24.0 Å². The molecule has 0 bridgehead atoms. The number of nitrogens with one attached hydrogen (secondary N) is 1. The number of nitrogens with zero attached hydrogens (tertiary/aromatic N) is 3. The molecule has 4 aromatic rings. The normalized spacial score (nSPS) is 13.2. The Morgan fingerprint density at radius 1 is 0.947 bits per heavy atom. The summed E-state index contributed by atoms with van der Waals surface area (Å²) in [5.74, 6) is 0.504. The molecule has 3 aromatic carbocycles. The molecular weight excluding hydrogens is 519 g/mol. The number of aryl methyl sites for hydroxylation is 1. The standard InChI is InChI=1S/C30H31ClN4O2.ClH/c1-22-17-28(30(36)32-27-12-9-23(10-13-27)19-34-15-5-6-16-34)33-35(22)20-25-18-26(31)11-14-29(25)37-21-24-7-3-2-4-8-24;/h2-4,7-14,17-18H,5-6,15-16,19-21H2,1H3,(H,32,36);1H. The summed E-state index contributed by atoms with van der Waals surface area (Å²) in [6.07, 6.45) is 2.55. The second-order valence-corrected chi connectivity index (χ2v) is 9.93. The molecule has 5 rings (SSSR count). The predicted molar refractivity (Wildman–Crippen MR) is 154 cm³/mol. The second kappa shape index (κ2) is 13.0. The maximum absolute atomic E-state index is 12.9. The van der Waals surface area contributed by atoms with E-state index in [1.807, 2.05) is 67.6 Å². The van der Waals surface area contributed by atoms with Gasteiger partial charge in [0.1, 0.15) is 12.4 Å². The van der Waals surface area contributed by atoms with Gasteiger partial charge in [0.05, 0.1) is 6.54 Å². The van der Waals surface area contributed by atoms with Gasteiger partial charge < -0.3 is 10.1 Å². The van der Waals surface area contributed by atoms with Gasteiger partial charge in [-0.05, 0) is 80.4 Å². The number of rotatable bonds is 9. The van der Waals surface area contributed by atoms with E-state index in [1.54, 1.807) is 10.7 Å². The van der Waals surface area contributed by atoms with Gasteiger partial charge in [-0.2, -0.15) is 5.10 Å². The van der Waals surface area contributed by atoms with Gasteiger partial charge in [0.25, 0.3) is 5.91 Å². The number of carbonyl (C=O) groups excluding carboxylic acids is 1. The zero-order valence-corrected chi connectivity index (χ0v) is 23.0. The van der Waals surface area contributed by atoms with Crippen molar-refractivity contribution in [3.63, 3.8) is 0 Å². The highest BCUT2D eigenvalue weighted by molar-refractivity contribution is 6.30. The summed E-state index contributed by atoms with van der Waals surface area (Å²) in [6, 6.07) is 25.4. The number of amides is 1. The summed E-state index contributed by atoms with van der Waals surface area (Å²) in [6.45, 7) is 6.12. The van der Waals surface area contributed by atoms with Crippen LogP contribution in [0.5, 0.6) is 5.75 Å². The fourth-order valence-corrected chi connectivity index (χ4v) is 4.77. The van der Waals surface area contributed by atoms with E-state index in [4.69, 9.17) is 16.3 Å². The molecule has 6 nitrogen and oxygen atoms in total. The van der Waals surface area contributed by atoms with Crippen LogP contribution in [-0.4, -0.2) is 33.7 Å². The zero-order chi connectivity index (χ0) is 25.6. The van der Waals surface area contributed by atoms with Crippen LogP contribution in [-0.2, 0) is 19.7 Å². The van der Waals surface area contributed by atoms with E-state index in [-0.39, 0.29) is 18.3 Å². The van der Waals surface area contributed by atoms with E-state index in [1.165, 1.54) is 18.4 Å². The van der Waals surface area contributed by atoms with E-state index in [9.17, 15) is 4.79 Å². The van der Waals surface area contributed by atoms with E-state index >= 15 is 0 Å². The molecule has 0 unspecified atom stereocenters. The van der Waals surface area contributed by atoms with E-state index in [0.717, 1.165) is 47.9 Å². The molecule has 1 aliphatic heterocycles. The Bertz CT molecular complexity index is 1350. The number of carbonyl (C=O) groups is 1. The first-order valence-electron chi connectivity index (χ1n) is 12.7. The Labute approximate surface area is 235 Å². The summed E-state index contributed by atoms with van der Waals surface area (Å²) >= 11 is 6.29. The topological polar surface area (TPSA) is 59.4 Å². The van der Waals surface area contributed by atoms with Crippen LogP contribution in [0.4, 0.5) is 5.69 Å². The van der Waals surface area contributed by atoms with Gasteiger partial charge in [-0.3, -0.25) is 14.4 Å². The lowest BCUT2D eigenvalue weighted by Crippen LogP contribution is -2.18. The van der Waals surface area contributed by atoms with Crippen molar-refractivity contribution >= 4 is 35.6 Å². The Morgan fingerprint density at radius 3 is 2.42 bits per heavy atom. The average molecular weight is 552 g/mol. The van der Waals surface area contributed by atoms with Crippen molar-refractivity contribution in [2.45, 2.75) is 39.5 Å². The molecule has 1 amide bonds. The van der Waals surface area contributed by atoms with E-state index in [2.05, 4.69) is 27.4 Å². The van der Waals surface area contributed by atoms with Crippen LogP contribution in [0, 0.1) is 6.92 Å². The molecule has 1 saturated heterocycles. The SMILES string of the molecule is Cc1cc(C(=O)Nc2ccc(CN3CCCC3)cc2)nn1Cc1cc(Cl)ccc1OCc1ccccc1.Cl. The van der Waals surface area contributed by atoms with Crippen LogP contribution in [0.1, 0.15) is 45.7 Å². The molecule has 0 spiro atoms. The Kier molecular flexibility index (Phi) is 9.45. The third kappa shape index (κ3) is 7.16. The van der Waals surface area contributed by atoms with Crippen molar-refractivity contribution in [3.8, 4) is 5.75 Å². The average Bonchev–Trinajstić information content (AvgIpc) is 3.55. The fraction of sp³-hybridized carbons (Fsp3) is 0.267. The monoisotopic (exact) mass is 550 g/mol. The fourth-order valence-electron chi connectivity index (χ4n) is 4.58. The van der Waals surface area contributed by atoms with Crippen molar-refractivity contribution in [3.05, 3.63) is 112 Å². The van der Waals surface area contributed by atoms with Gasteiger partial charge in [0.15, 0.2) is 5.69 Å². The Balaban J connectivity index is 0.00000336. The first-order valence-corrected chi connectivity index (χ1v) is 13.0. The maximum Gasteiger partial charge on any atom is 0.276 e. The third-order valence-corrected chi connectivity index (χ3v) is 6.85. The van der Waals surface area contributed by atoms with Crippen molar-refractivity contribution < 1.29 is 9.53 Å². The lowest BCUT2D eigenvalue weighted by Gasteiger charge is -2.14.